The van der Waals surface area contributed by atoms with Gasteiger partial charge < -0.3 is 0 Å². The van der Waals surface area contributed by atoms with Crippen LogP contribution in [0.1, 0.15) is 36.8 Å². The van der Waals surface area contributed by atoms with Gasteiger partial charge in [0.15, 0.2) is 0 Å². The van der Waals surface area contributed by atoms with Crippen molar-refractivity contribution < 1.29 is 8.42 Å². The number of sulfonamides is 1. The Kier molecular flexibility index (Phi) is 3.55. The van der Waals surface area contributed by atoms with E-state index in [1.54, 1.807) is 0 Å². The molecule has 0 unspecified atom stereocenters. The molecule has 0 amide bonds. The fraction of sp³-hybridized carbons (Fsp3) is 0.684. The number of hydrogen-bond donors (Lipinski definition) is 0. The Morgan fingerprint density at radius 1 is 0.833 bits per heavy atom. The molecule has 4 nitrogen and oxygen atoms in total. The molecule has 2 atom stereocenters. The lowest BCUT2D eigenvalue weighted by atomic mass is 9.97. The van der Waals surface area contributed by atoms with E-state index in [0.717, 1.165) is 51.7 Å². The summed E-state index contributed by atoms with van der Waals surface area (Å²) in [5.74, 6) is 0.515. The molecule has 2 aliphatic carbocycles. The molecule has 1 aromatic rings. The van der Waals surface area contributed by atoms with Gasteiger partial charge in [-0.15, -0.1) is 0 Å². The lowest BCUT2D eigenvalue weighted by molar-refractivity contribution is 0.189. The van der Waals surface area contributed by atoms with Crippen molar-refractivity contribution >= 4 is 10.0 Å². The summed E-state index contributed by atoms with van der Waals surface area (Å²) >= 11 is 0. The lowest BCUT2D eigenvalue weighted by Crippen LogP contribution is -2.49. The molecule has 4 fully saturated rings. The van der Waals surface area contributed by atoms with E-state index < -0.39 is 10.0 Å². The molecule has 6 rings (SSSR count). The summed E-state index contributed by atoms with van der Waals surface area (Å²) < 4.78 is 27.5. The molecule has 5 heteroatoms. The summed E-state index contributed by atoms with van der Waals surface area (Å²) in [6, 6.07) is 9.55. The monoisotopic (exact) mass is 346 g/mol. The number of rotatable bonds is 3. The van der Waals surface area contributed by atoms with E-state index in [-0.39, 0.29) is 11.3 Å². The number of hydrogen-bond acceptors (Lipinski definition) is 3. The maximum atomic E-state index is 12.8. The van der Waals surface area contributed by atoms with Gasteiger partial charge in [-0.3, -0.25) is 4.90 Å². The molecule has 24 heavy (non-hydrogen) atoms. The molecule has 130 valence electrons. The first-order chi connectivity index (χ1) is 11.6. The number of fused-ring (bicyclic) bond motifs is 5. The third kappa shape index (κ3) is 2.52. The molecule has 3 heterocycles. The van der Waals surface area contributed by atoms with Crippen LogP contribution in [0.15, 0.2) is 24.3 Å². The zero-order valence-electron chi connectivity index (χ0n) is 14.1. The second kappa shape index (κ2) is 5.55. The molecule has 5 aliphatic rings. The highest BCUT2D eigenvalue weighted by atomic mass is 32.2. The van der Waals surface area contributed by atoms with Gasteiger partial charge in [-0.25, -0.2) is 8.42 Å². The van der Waals surface area contributed by atoms with Crippen molar-refractivity contribution in [2.24, 2.45) is 5.92 Å². The van der Waals surface area contributed by atoms with E-state index in [2.05, 4.69) is 29.2 Å². The molecule has 3 saturated heterocycles. The molecule has 0 radical (unpaired) electrons. The van der Waals surface area contributed by atoms with Crippen LogP contribution >= 0.6 is 0 Å². The summed E-state index contributed by atoms with van der Waals surface area (Å²) in [7, 11) is -3.04. The summed E-state index contributed by atoms with van der Waals surface area (Å²) in [5.41, 5.74) is 2.98. The first kappa shape index (κ1) is 15.4. The Balaban J connectivity index is 1.36. The maximum absolute atomic E-state index is 12.8. The summed E-state index contributed by atoms with van der Waals surface area (Å²) in [6.07, 6.45) is 6.25. The maximum Gasteiger partial charge on any atom is 0.217 e. The number of benzene rings is 1. The molecule has 1 aromatic carbocycles. The highest BCUT2D eigenvalue weighted by molar-refractivity contribution is 7.90. The van der Waals surface area contributed by atoms with Crippen molar-refractivity contribution in [1.82, 2.24) is 9.21 Å². The quantitative estimate of drug-likeness (QED) is 0.841. The van der Waals surface area contributed by atoms with Crippen LogP contribution in [0.4, 0.5) is 0 Å². The van der Waals surface area contributed by atoms with Gasteiger partial charge in [-0.2, -0.15) is 4.31 Å². The predicted molar refractivity (Wildman–Crippen MR) is 94.4 cm³/mol. The third-order valence-corrected chi connectivity index (χ3v) is 8.92. The van der Waals surface area contributed by atoms with Gasteiger partial charge in [0.05, 0.1) is 5.25 Å². The van der Waals surface area contributed by atoms with Crippen molar-refractivity contribution in [3.05, 3.63) is 35.4 Å². The fourth-order valence-corrected chi connectivity index (χ4v) is 7.16. The van der Waals surface area contributed by atoms with Gasteiger partial charge in [-0.05, 0) is 55.6 Å². The van der Waals surface area contributed by atoms with Crippen molar-refractivity contribution in [3.63, 3.8) is 0 Å². The number of piperidine rings is 1. The molecular formula is C19H26N2O2S. The van der Waals surface area contributed by atoms with Gasteiger partial charge >= 0.3 is 0 Å². The Morgan fingerprint density at radius 3 is 2.21 bits per heavy atom. The van der Waals surface area contributed by atoms with E-state index in [4.69, 9.17) is 0 Å². The predicted octanol–water partition coefficient (Wildman–Crippen LogP) is 2.04. The minimum Gasteiger partial charge on any atom is -0.298 e. The van der Waals surface area contributed by atoms with Crippen LogP contribution in [0.2, 0.25) is 0 Å². The SMILES string of the molecule is O=S(=O)(C1CC1)N1C[C@H]2CC[C@@H]1CN(C1Cc3ccccc3C1)C2. The minimum absolute atomic E-state index is 0.0685. The smallest absolute Gasteiger partial charge is 0.217 e. The average Bonchev–Trinajstić information content (AvgIpc) is 3.39. The Morgan fingerprint density at radius 2 is 1.54 bits per heavy atom. The van der Waals surface area contributed by atoms with Crippen molar-refractivity contribution in [3.8, 4) is 0 Å². The Hall–Kier alpha value is -0.910. The van der Waals surface area contributed by atoms with Crippen LogP contribution in [0, 0.1) is 5.92 Å². The van der Waals surface area contributed by atoms with Gasteiger partial charge in [0.1, 0.15) is 0 Å². The van der Waals surface area contributed by atoms with Crippen LogP contribution in [0.3, 0.4) is 0 Å². The Bertz CT molecular complexity index is 718. The van der Waals surface area contributed by atoms with Gasteiger partial charge in [-0.1, -0.05) is 24.3 Å². The summed E-state index contributed by atoms with van der Waals surface area (Å²) in [4.78, 5) is 2.62. The molecular weight excluding hydrogens is 320 g/mol. The van der Waals surface area contributed by atoms with Crippen molar-refractivity contribution in [2.45, 2.75) is 55.9 Å². The second-order valence-corrected chi connectivity index (χ2v) is 10.4. The van der Waals surface area contributed by atoms with Crippen LogP contribution in [0.25, 0.3) is 0 Å². The molecule has 0 N–H and O–H groups in total. The topological polar surface area (TPSA) is 40.6 Å². The Labute approximate surface area is 144 Å². The first-order valence-corrected chi connectivity index (χ1v) is 10.9. The average molecular weight is 346 g/mol. The van der Waals surface area contributed by atoms with E-state index in [0.29, 0.717) is 12.0 Å². The first-order valence-electron chi connectivity index (χ1n) is 9.43. The molecule has 2 bridgehead atoms. The van der Waals surface area contributed by atoms with E-state index in [1.807, 2.05) is 4.31 Å². The fourth-order valence-electron chi connectivity index (χ4n) is 5.04. The summed E-state index contributed by atoms with van der Waals surface area (Å²) in [5, 5.41) is -0.0685. The lowest BCUT2D eigenvalue weighted by Gasteiger charge is -2.35. The normalized spacial score (nSPS) is 32.0. The highest BCUT2D eigenvalue weighted by Gasteiger charge is 2.47. The van der Waals surface area contributed by atoms with Crippen molar-refractivity contribution in [1.29, 1.82) is 0 Å². The molecule has 3 aliphatic heterocycles. The molecule has 1 saturated carbocycles. The van der Waals surface area contributed by atoms with E-state index in [1.165, 1.54) is 17.5 Å². The largest absolute Gasteiger partial charge is 0.298 e. The van der Waals surface area contributed by atoms with Gasteiger partial charge in [0.2, 0.25) is 10.0 Å². The highest BCUT2D eigenvalue weighted by Crippen LogP contribution is 2.38. The van der Waals surface area contributed by atoms with Crippen LogP contribution in [0.5, 0.6) is 0 Å². The summed E-state index contributed by atoms with van der Waals surface area (Å²) in [6.45, 7) is 2.77. The van der Waals surface area contributed by atoms with Gasteiger partial charge in [0, 0.05) is 31.7 Å². The van der Waals surface area contributed by atoms with E-state index in [9.17, 15) is 8.42 Å². The molecule has 0 aromatic heterocycles. The van der Waals surface area contributed by atoms with Gasteiger partial charge in [0.25, 0.3) is 0 Å². The second-order valence-electron chi connectivity index (χ2n) is 8.20. The number of nitrogens with zero attached hydrogens (tertiary/aromatic N) is 2. The zero-order valence-corrected chi connectivity index (χ0v) is 14.9. The molecule has 0 spiro atoms. The minimum atomic E-state index is -3.04. The zero-order chi connectivity index (χ0) is 16.3. The van der Waals surface area contributed by atoms with Crippen LogP contribution < -0.4 is 0 Å². The van der Waals surface area contributed by atoms with Crippen molar-refractivity contribution in [2.75, 3.05) is 19.6 Å². The third-order valence-electron chi connectivity index (χ3n) is 6.51. The van der Waals surface area contributed by atoms with Crippen LogP contribution in [-0.2, 0) is 22.9 Å². The van der Waals surface area contributed by atoms with Crippen LogP contribution in [-0.4, -0.2) is 54.6 Å². The standard InChI is InChI=1S/C19H26N2O2S/c22-24(23,19-7-8-19)21-12-14-5-6-17(21)13-20(11-14)18-9-15-3-1-2-4-16(15)10-18/h1-4,14,17-19H,5-13H2/t14-,17+/m0/s1. The van der Waals surface area contributed by atoms with E-state index >= 15 is 0 Å².